The van der Waals surface area contributed by atoms with E-state index in [1.807, 2.05) is 0 Å². The van der Waals surface area contributed by atoms with Crippen LogP contribution in [0.3, 0.4) is 0 Å². The number of thiazole rings is 1. The Morgan fingerprint density at radius 2 is 1.55 bits per heavy atom. The lowest BCUT2D eigenvalue weighted by molar-refractivity contribution is 0.353. The lowest BCUT2D eigenvalue weighted by Crippen LogP contribution is -2.48. The van der Waals surface area contributed by atoms with Gasteiger partial charge in [-0.1, -0.05) is 17.7 Å². The van der Waals surface area contributed by atoms with Crippen LogP contribution in [0.2, 0.25) is 0 Å². The minimum atomic E-state index is -3.62. The number of methoxy groups -OCH3 is 2. The predicted octanol–water partition coefficient (Wildman–Crippen LogP) is 4.26. The molecular formula is C24H29N3O4S2. The molecule has 1 fully saturated rings. The molecular weight excluding hydrogens is 458 g/mol. The molecule has 0 N–H and O–H groups in total. The van der Waals surface area contributed by atoms with Crippen molar-refractivity contribution in [3.8, 4) is 22.8 Å². The molecule has 1 aromatic heterocycles. The van der Waals surface area contributed by atoms with E-state index in [0.717, 1.165) is 10.8 Å². The van der Waals surface area contributed by atoms with E-state index in [4.69, 9.17) is 14.5 Å². The van der Waals surface area contributed by atoms with Crippen LogP contribution >= 0.6 is 11.3 Å². The van der Waals surface area contributed by atoms with Gasteiger partial charge in [0.2, 0.25) is 10.0 Å². The van der Waals surface area contributed by atoms with Gasteiger partial charge in [0.15, 0.2) is 16.6 Å². The summed E-state index contributed by atoms with van der Waals surface area (Å²) in [6.45, 7) is 8.31. The molecule has 2 heterocycles. The lowest BCUT2D eigenvalue weighted by Gasteiger charge is -2.33. The monoisotopic (exact) mass is 487 g/mol. The third-order valence-corrected chi connectivity index (χ3v) is 8.72. The number of hydrogen-bond acceptors (Lipinski definition) is 7. The molecule has 0 bridgehead atoms. The lowest BCUT2D eigenvalue weighted by atomic mass is 9.98. The summed E-state index contributed by atoms with van der Waals surface area (Å²) in [6, 6.07) is 9.05. The summed E-state index contributed by atoms with van der Waals surface area (Å²) >= 11 is 1.60. The highest BCUT2D eigenvalue weighted by atomic mass is 32.2. The van der Waals surface area contributed by atoms with Crippen molar-refractivity contribution >= 4 is 26.5 Å². The molecule has 9 heteroatoms. The highest BCUT2D eigenvalue weighted by molar-refractivity contribution is 7.89. The number of hydrogen-bond donors (Lipinski definition) is 0. The van der Waals surface area contributed by atoms with E-state index in [-0.39, 0.29) is 4.90 Å². The van der Waals surface area contributed by atoms with Gasteiger partial charge < -0.3 is 14.4 Å². The average Bonchev–Trinajstić information content (AvgIpc) is 3.27. The quantitative estimate of drug-likeness (QED) is 0.517. The van der Waals surface area contributed by atoms with Crippen LogP contribution in [-0.2, 0) is 10.0 Å². The smallest absolute Gasteiger partial charge is 0.243 e. The fraction of sp³-hybridized carbons (Fsp3) is 0.375. The van der Waals surface area contributed by atoms with Crippen molar-refractivity contribution in [1.29, 1.82) is 0 Å². The number of benzene rings is 2. The van der Waals surface area contributed by atoms with Gasteiger partial charge >= 0.3 is 0 Å². The second-order valence-electron chi connectivity index (χ2n) is 8.20. The first-order valence-corrected chi connectivity index (χ1v) is 13.1. The second-order valence-corrected chi connectivity index (χ2v) is 11.0. The summed E-state index contributed by atoms with van der Waals surface area (Å²) in [5.74, 6) is 0.897. The summed E-state index contributed by atoms with van der Waals surface area (Å²) in [6.07, 6.45) is 0. The Bertz CT molecular complexity index is 1240. The topological polar surface area (TPSA) is 72.0 Å². The largest absolute Gasteiger partial charge is 0.493 e. The highest BCUT2D eigenvalue weighted by Gasteiger charge is 2.30. The number of anilines is 1. The van der Waals surface area contributed by atoms with Crippen LogP contribution in [0, 0.1) is 20.8 Å². The van der Waals surface area contributed by atoms with E-state index >= 15 is 0 Å². The van der Waals surface area contributed by atoms with E-state index < -0.39 is 10.0 Å². The first-order valence-electron chi connectivity index (χ1n) is 10.8. The van der Waals surface area contributed by atoms with E-state index in [1.165, 1.54) is 46.8 Å². The molecule has 4 rings (SSSR count). The normalized spacial score (nSPS) is 15.0. The number of aryl methyl sites for hydroxylation is 3. The number of rotatable bonds is 6. The molecule has 0 unspecified atom stereocenters. The van der Waals surface area contributed by atoms with Crippen molar-refractivity contribution in [2.75, 3.05) is 45.3 Å². The van der Waals surface area contributed by atoms with Crippen molar-refractivity contribution in [3.05, 3.63) is 52.4 Å². The zero-order chi connectivity index (χ0) is 23.8. The van der Waals surface area contributed by atoms with Crippen molar-refractivity contribution in [1.82, 2.24) is 9.29 Å². The highest BCUT2D eigenvalue weighted by Crippen LogP contribution is 2.34. The molecule has 2 aromatic carbocycles. The van der Waals surface area contributed by atoms with E-state index in [1.54, 1.807) is 23.5 Å². The first kappa shape index (κ1) is 23.5. The number of ether oxygens (including phenoxy) is 2. The fourth-order valence-corrected chi connectivity index (χ4v) is 6.66. The molecule has 1 saturated heterocycles. The van der Waals surface area contributed by atoms with Crippen LogP contribution in [0.5, 0.6) is 11.5 Å². The maximum absolute atomic E-state index is 13.2. The Labute approximate surface area is 199 Å². The van der Waals surface area contributed by atoms with Crippen molar-refractivity contribution in [2.45, 2.75) is 25.7 Å². The summed E-state index contributed by atoms with van der Waals surface area (Å²) in [4.78, 5) is 7.25. The van der Waals surface area contributed by atoms with Gasteiger partial charge in [0.05, 0.1) is 24.8 Å². The van der Waals surface area contributed by atoms with Gasteiger partial charge in [0, 0.05) is 43.2 Å². The number of sulfonamides is 1. The van der Waals surface area contributed by atoms with Gasteiger partial charge in [0.1, 0.15) is 0 Å². The van der Waals surface area contributed by atoms with Crippen LogP contribution in [0.1, 0.15) is 16.7 Å². The van der Waals surface area contributed by atoms with E-state index in [9.17, 15) is 8.42 Å². The molecule has 1 aliphatic heterocycles. The third-order valence-electron chi connectivity index (χ3n) is 5.93. The average molecular weight is 488 g/mol. The number of nitrogens with zero attached hydrogens (tertiary/aromatic N) is 3. The van der Waals surface area contributed by atoms with Gasteiger partial charge in [-0.05, 0) is 44.0 Å². The summed E-state index contributed by atoms with van der Waals surface area (Å²) in [5, 5.41) is 3.01. The summed E-state index contributed by atoms with van der Waals surface area (Å²) in [5.41, 5.74) is 5.84. The third kappa shape index (κ3) is 4.58. The van der Waals surface area contributed by atoms with Gasteiger partial charge in [-0.15, -0.1) is 11.3 Å². The standard InChI is InChI=1S/C24H29N3O4S2/c1-16-12-17(2)23(18(3)13-16)20-15-32-24(25-20)26-8-10-27(11-9-26)33(28,29)19-6-7-21(30-4)22(14-19)31-5/h6-7,12-15H,8-11H2,1-5H3. The van der Waals surface area contributed by atoms with E-state index in [2.05, 4.69) is 43.2 Å². The van der Waals surface area contributed by atoms with Crippen LogP contribution in [0.4, 0.5) is 5.13 Å². The Morgan fingerprint density at radius 1 is 0.909 bits per heavy atom. The maximum Gasteiger partial charge on any atom is 0.243 e. The molecule has 1 aliphatic rings. The molecule has 0 amide bonds. The minimum Gasteiger partial charge on any atom is -0.493 e. The predicted molar refractivity (Wildman–Crippen MR) is 132 cm³/mol. The first-order chi connectivity index (χ1) is 15.7. The van der Waals surface area contributed by atoms with Crippen LogP contribution in [-0.4, -0.2) is 58.1 Å². The van der Waals surface area contributed by atoms with Gasteiger partial charge in [0.25, 0.3) is 0 Å². The van der Waals surface area contributed by atoms with Gasteiger partial charge in [-0.2, -0.15) is 4.31 Å². The Balaban J connectivity index is 1.49. The maximum atomic E-state index is 13.2. The second kappa shape index (κ2) is 9.32. The molecule has 0 aliphatic carbocycles. The number of aromatic nitrogens is 1. The zero-order valence-electron chi connectivity index (χ0n) is 19.6. The number of piperazine rings is 1. The molecule has 7 nitrogen and oxygen atoms in total. The summed E-state index contributed by atoms with van der Waals surface area (Å²) in [7, 11) is -0.605. The van der Waals surface area contributed by atoms with Gasteiger partial charge in [-0.3, -0.25) is 0 Å². The zero-order valence-corrected chi connectivity index (χ0v) is 21.2. The SMILES string of the molecule is COc1ccc(S(=O)(=O)N2CCN(c3nc(-c4c(C)cc(C)cc4C)cs3)CC2)cc1OC. The Kier molecular flexibility index (Phi) is 6.65. The van der Waals surface area contributed by atoms with Crippen LogP contribution in [0.15, 0.2) is 40.6 Å². The van der Waals surface area contributed by atoms with Gasteiger partial charge in [-0.25, -0.2) is 13.4 Å². The molecule has 0 radical (unpaired) electrons. The molecule has 33 heavy (non-hydrogen) atoms. The molecule has 0 atom stereocenters. The molecule has 3 aromatic rings. The Morgan fingerprint density at radius 3 is 2.15 bits per heavy atom. The van der Waals surface area contributed by atoms with Crippen molar-refractivity contribution in [3.63, 3.8) is 0 Å². The Hall–Kier alpha value is -2.62. The molecule has 176 valence electrons. The van der Waals surface area contributed by atoms with Crippen molar-refractivity contribution in [2.24, 2.45) is 0 Å². The molecule has 0 saturated carbocycles. The minimum absolute atomic E-state index is 0.204. The molecule has 0 spiro atoms. The van der Waals surface area contributed by atoms with Crippen molar-refractivity contribution < 1.29 is 17.9 Å². The van der Waals surface area contributed by atoms with Crippen LogP contribution < -0.4 is 14.4 Å². The van der Waals surface area contributed by atoms with Crippen LogP contribution in [0.25, 0.3) is 11.3 Å². The summed E-state index contributed by atoms with van der Waals surface area (Å²) < 4.78 is 38.4. The van der Waals surface area contributed by atoms with E-state index in [0.29, 0.717) is 37.7 Å². The fourth-order valence-electron chi connectivity index (χ4n) is 4.35.